The van der Waals surface area contributed by atoms with E-state index in [-0.39, 0.29) is 16.8 Å². The number of benzene rings is 1. The first-order valence-electron chi connectivity index (χ1n) is 8.08. The molecule has 2 saturated carbocycles. The minimum Gasteiger partial charge on any atom is -0.360 e. The van der Waals surface area contributed by atoms with Crippen molar-refractivity contribution in [3.8, 4) is 0 Å². The Balaban J connectivity index is 1.62. The summed E-state index contributed by atoms with van der Waals surface area (Å²) in [4.78, 5) is 0. The fourth-order valence-electron chi connectivity index (χ4n) is 4.22. The molecule has 2 aliphatic rings. The third-order valence-corrected chi connectivity index (χ3v) is 5.49. The molecule has 126 valence electrons. The van der Waals surface area contributed by atoms with E-state index in [4.69, 9.17) is 12.2 Å². The van der Waals surface area contributed by atoms with Crippen molar-refractivity contribution in [1.29, 1.82) is 0 Å². The number of nitrogens with one attached hydrogen (secondary N) is 2. The van der Waals surface area contributed by atoms with Gasteiger partial charge in [-0.3, -0.25) is 0 Å². The van der Waals surface area contributed by atoms with E-state index in [0.29, 0.717) is 5.92 Å². The molecule has 0 heterocycles. The zero-order chi connectivity index (χ0) is 16.6. The summed E-state index contributed by atoms with van der Waals surface area (Å²) in [6.45, 7) is 2.08. The molecule has 3 rings (SSSR count). The largest absolute Gasteiger partial charge is 0.418 e. The molecule has 2 N–H and O–H groups in total. The molecule has 2 aliphatic carbocycles. The van der Waals surface area contributed by atoms with Gasteiger partial charge in [-0.2, -0.15) is 13.2 Å². The summed E-state index contributed by atoms with van der Waals surface area (Å²) in [5.74, 6) is 2.15. The van der Waals surface area contributed by atoms with Gasteiger partial charge in [0.25, 0.3) is 0 Å². The Morgan fingerprint density at radius 1 is 1.22 bits per heavy atom. The van der Waals surface area contributed by atoms with Crippen molar-refractivity contribution in [2.75, 3.05) is 5.32 Å². The van der Waals surface area contributed by atoms with Crippen molar-refractivity contribution in [2.45, 2.75) is 44.8 Å². The maximum absolute atomic E-state index is 13.0. The molecule has 0 spiro atoms. The third-order valence-electron chi connectivity index (χ3n) is 5.27. The molecular formula is C17H21F3N2S. The van der Waals surface area contributed by atoms with Crippen LogP contribution in [0.4, 0.5) is 18.9 Å². The van der Waals surface area contributed by atoms with Crippen molar-refractivity contribution in [2.24, 2.45) is 17.8 Å². The summed E-state index contributed by atoms with van der Waals surface area (Å²) in [6.07, 6.45) is 0.720. The summed E-state index contributed by atoms with van der Waals surface area (Å²) < 4.78 is 39.0. The minimum atomic E-state index is -4.39. The van der Waals surface area contributed by atoms with Crippen LogP contribution in [-0.4, -0.2) is 11.2 Å². The average Bonchev–Trinajstić information content (AvgIpc) is 3.09. The highest BCUT2D eigenvalue weighted by molar-refractivity contribution is 7.80. The van der Waals surface area contributed by atoms with Gasteiger partial charge in [-0.1, -0.05) is 18.6 Å². The Kier molecular flexibility index (Phi) is 4.54. The molecule has 0 radical (unpaired) electrons. The molecule has 6 heteroatoms. The molecular weight excluding hydrogens is 321 g/mol. The molecule has 0 aromatic heterocycles. The Morgan fingerprint density at radius 2 is 1.96 bits per heavy atom. The predicted molar refractivity (Wildman–Crippen MR) is 89.2 cm³/mol. The van der Waals surface area contributed by atoms with Gasteiger partial charge in [0, 0.05) is 6.04 Å². The van der Waals surface area contributed by atoms with E-state index in [9.17, 15) is 13.2 Å². The Hall–Kier alpha value is -1.30. The average molecular weight is 342 g/mol. The first-order valence-corrected chi connectivity index (χ1v) is 8.49. The number of fused-ring (bicyclic) bond motifs is 2. The maximum Gasteiger partial charge on any atom is 0.418 e. The number of alkyl halides is 3. The molecule has 1 aromatic carbocycles. The number of hydrogen-bond donors (Lipinski definition) is 2. The van der Waals surface area contributed by atoms with Gasteiger partial charge < -0.3 is 10.6 Å². The smallest absolute Gasteiger partial charge is 0.360 e. The van der Waals surface area contributed by atoms with Crippen molar-refractivity contribution in [1.82, 2.24) is 5.32 Å². The van der Waals surface area contributed by atoms with E-state index in [0.717, 1.165) is 17.9 Å². The van der Waals surface area contributed by atoms with Crippen LogP contribution in [0.2, 0.25) is 0 Å². The summed E-state index contributed by atoms with van der Waals surface area (Å²) in [5.41, 5.74) is -0.700. The number of hydrogen-bond acceptors (Lipinski definition) is 1. The van der Waals surface area contributed by atoms with E-state index in [1.807, 2.05) is 0 Å². The quantitative estimate of drug-likeness (QED) is 0.771. The molecule has 1 aromatic rings. The highest BCUT2D eigenvalue weighted by Crippen LogP contribution is 2.49. The zero-order valence-corrected chi connectivity index (χ0v) is 13.8. The van der Waals surface area contributed by atoms with Crippen LogP contribution < -0.4 is 10.6 Å². The number of halogens is 3. The van der Waals surface area contributed by atoms with E-state index in [1.54, 1.807) is 6.07 Å². The molecule has 23 heavy (non-hydrogen) atoms. The normalized spacial score (nSPS) is 27.7. The summed E-state index contributed by atoms with van der Waals surface area (Å²) >= 11 is 5.23. The van der Waals surface area contributed by atoms with Gasteiger partial charge in [0.2, 0.25) is 0 Å². The predicted octanol–water partition coefficient (Wildman–Crippen LogP) is 4.82. The van der Waals surface area contributed by atoms with E-state index in [1.165, 1.54) is 37.8 Å². The lowest BCUT2D eigenvalue weighted by Gasteiger charge is -2.29. The first kappa shape index (κ1) is 16.6. The second-order valence-electron chi connectivity index (χ2n) is 6.77. The molecule has 0 aliphatic heterocycles. The number of anilines is 1. The Morgan fingerprint density at radius 3 is 2.57 bits per heavy atom. The molecule has 0 amide bonds. The van der Waals surface area contributed by atoms with Crippen molar-refractivity contribution < 1.29 is 13.2 Å². The van der Waals surface area contributed by atoms with Crippen molar-refractivity contribution >= 4 is 23.0 Å². The minimum absolute atomic E-state index is 0.00218. The lowest BCUT2D eigenvalue weighted by atomic mass is 9.84. The number of thiocarbonyl (C=S) groups is 1. The molecule has 2 fully saturated rings. The van der Waals surface area contributed by atoms with Crippen LogP contribution in [0.25, 0.3) is 0 Å². The molecule has 2 nitrogen and oxygen atoms in total. The Bertz CT molecular complexity index is 587. The van der Waals surface area contributed by atoms with Gasteiger partial charge in [-0.15, -0.1) is 0 Å². The van der Waals surface area contributed by atoms with Crippen molar-refractivity contribution in [3.63, 3.8) is 0 Å². The van der Waals surface area contributed by atoms with Crippen LogP contribution in [0.15, 0.2) is 24.3 Å². The van der Waals surface area contributed by atoms with Crippen LogP contribution in [0.1, 0.15) is 38.2 Å². The van der Waals surface area contributed by atoms with Crippen LogP contribution in [0, 0.1) is 17.8 Å². The van der Waals surface area contributed by atoms with Gasteiger partial charge in [0.15, 0.2) is 5.11 Å². The van der Waals surface area contributed by atoms with E-state index < -0.39 is 11.7 Å². The zero-order valence-electron chi connectivity index (χ0n) is 13.0. The number of para-hydroxylation sites is 1. The fourth-order valence-corrected chi connectivity index (χ4v) is 4.51. The summed E-state index contributed by atoms with van der Waals surface area (Å²) in [5, 5.41) is 6.16. The van der Waals surface area contributed by atoms with Gasteiger partial charge in [0.05, 0.1) is 11.3 Å². The standard InChI is InChI=1S/C17H21F3N2S/c1-10(13-9-11-6-7-12(13)8-11)21-16(23)22-15-5-3-2-4-14(15)17(18,19)20/h2-5,10-13H,6-9H2,1H3,(H2,21,22,23)/t10-,11-,12-,13-/m1/s1. The third kappa shape index (κ3) is 3.62. The van der Waals surface area contributed by atoms with Gasteiger partial charge in [-0.05, 0) is 68.3 Å². The van der Waals surface area contributed by atoms with Gasteiger partial charge in [0.1, 0.15) is 0 Å². The van der Waals surface area contributed by atoms with Crippen LogP contribution in [0.5, 0.6) is 0 Å². The lowest BCUT2D eigenvalue weighted by molar-refractivity contribution is -0.136. The SMILES string of the molecule is C[C@@H](NC(=S)Nc1ccccc1C(F)(F)F)[C@H]1C[C@@H]2CC[C@@H]1C2. The highest BCUT2D eigenvalue weighted by Gasteiger charge is 2.42. The van der Waals surface area contributed by atoms with Crippen LogP contribution >= 0.6 is 12.2 Å². The van der Waals surface area contributed by atoms with Crippen molar-refractivity contribution in [3.05, 3.63) is 29.8 Å². The molecule has 4 atom stereocenters. The molecule has 2 bridgehead atoms. The maximum atomic E-state index is 13.0. The van der Waals surface area contributed by atoms with E-state index >= 15 is 0 Å². The lowest BCUT2D eigenvalue weighted by Crippen LogP contribution is -2.42. The monoisotopic (exact) mass is 342 g/mol. The van der Waals surface area contributed by atoms with Gasteiger partial charge >= 0.3 is 6.18 Å². The topological polar surface area (TPSA) is 24.1 Å². The second kappa shape index (κ2) is 6.30. The van der Waals surface area contributed by atoms with Crippen LogP contribution in [0.3, 0.4) is 0 Å². The fraction of sp³-hybridized carbons (Fsp3) is 0.588. The highest BCUT2D eigenvalue weighted by atomic mass is 32.1. The summed E-state index contributed by atoms with van der Waals surface area (Å²) in [7, 11) is 0. The summed E-state index contributed by atoms with van der Waals surface area (Å²) in [6, 6.07) is 5.59. The van der Waals surface area contributed by atoms with Crippen LogP contribution in [-0.2, 0) is 6.18 Å². The number of rotatable bonds is 3. The van der Waals surface area contributed by atoms with E-state index in [2.05, 4.69) is 17.6 Å². The first-order chi connectivity index (χ1) is 10.8. The second-order valence-corrected chi connectivity index (χ2v) is 7.18. The Labute approximate surface area is 139 Å². The molecule has 0 unspecified atom stereocenters. The molecule has 0 saturated heterocycles. The van der Waals surface area contributed by atoms with Gasteiger partial charge in [-0.25, -0.2) is 0 Å².